The smallest absolute Gasteiger partial charge is 0.227 e. The number of nitrogens with zero attached hydrogens (tertiary/aromatic N) is 1. The van der Waals surface area contributed by atoms with Gasteiger partial charge in [-0.1, -0.05) is 24.3 Å². The molecule has 28 heavy (non-hydrogen) atoms. The molecule has 0 atom stereocenters. The predicted molar refractivity (Wildman–Crippen MR) is 121 cm³/mol. The summed E-state index contributed by atoms with van der Waals surface area (Å²) in [5, 5.41) is 3.00. The molecule has 0 saturated carbocycles. The van der Waals surface area contributed by atoms with Gasteiger partial charge >= 0.3 is 0 Å². The fourth-order valence-electron chi connectivity index (χ4n) is 3.46. The predicted octanol–water partition coefficient (Wildman–Crippen LogP) is 4.09. The molecule has 1 aliphatic heterocycles. The molecule has 0 aliphatic carbocycles. The van der Waals surface area contributed by atoms with Crippen molar-refractivity contribution < 1.29 is 13.2 Å². The second kappa shape index (κ2) is 8.92. The summed E-state index contributed by atoms with van der Waals surface area (Å²) in [6, 6.07) is 13.5. The Labute approximate surface area is 180 Å². The fraction of sp³-hybridized carbons (Fsp3) is 0.381. The van der Waals surface area contributed by atoms with E-state index in [-0.39, 0.29) is 17.6 Å². The summed E-state index contributed by atoms with van der Waals surface area (Å²) in [6.07, 6.45) is 1.09. The molecular weight excluding hydrogens is 487 g/mol. The summed E-state index contributed by atoms with van der Waals surface area (Å²) in [5.41, 5.74) is 3.66. The van der Waals surface area contributed by atoms with Crippen molar-refractivity contribution in [2.24, 2.45) is 5.92 Å². The molecule has 0 spiro atoms. The first-order valence-electron chi connectivity index (χ1n) is 9.35. The van der Waals surface area contributed by atoms with Crippen molar-refractivity contribution >= 4 is 44.2 Å². The van der Waals surface area contributed by atoms with E-state index in [4.69, 9.17) is 0 Å². The van der Waals surface area contributed by atoms with Gasteiger partial charge < -0.3 is 5.32 Å². The number of carbonyl (C=O) groups excluding carboxylic acids is 1. The van der Waals surface area contributed by atoms with Crippen molar-refractivity contribution in [3.05, 3.63) is 62.7 Å². The Morgan fingerprint density at radius 3 is 2.43 bits per heavy atom. The number of nitrogens with one attached hydrogen (secondary N) is 1. The van der Waals surface area contributed by atoms with Gasteiger partial charge in [0.05, 0.1) is 5.75 Å². The molecule has 1 aliphatic rings. The van der Waals surface area contributed by atoms with E-state index in [0.29, 0.717) is 25.9 Å². The van der Waals surface area contributed by atoms with E-state index in [1.165, 1.54) is 4.31 Å². The average molecular weight is 512 g/mol. The molecule has 0 unspecified atom stereocenters. The SMILES string of the molecule is Cc1ccccc1CS(=O)(=O)N1CCC(C(=O)Nc2ccc(I)cc2C)CC1. The van der Waals surface area contributed by atoms with Crippen molar-refractivity contribution in [3.63, 3.8) is 0 Å². The normalized spacial score (nSPS) is 16.1. The van der Waals surface area contributed by atoms with Crippen molar-refractivity contribution in [2.75, 3.05) is 18.4 Å². The Balaban J connectivity index is 1.59. The molecule has 1 saturated heterocycles. The van der Waals surface area contributed by atoms with Crippen LogP contribution in [-0.2, 0) is 20.6 Å². The third kappa shape index (κ3) is 5.12. The van der Waals surface area contributed by atoms with Crippen molar-refractivity contribution in [2.45, 2.75) is 32.4 Å². The lowest BCUT2D eigenvalue weighted by Crippen LogP contribution is -2.42. The second-order valence-corrected chi connectivity index (χ2v) is 10.5. The van der Waals surface area contributed by atoms with Gasteiger partial charge in [-0.2, -0.15) is 0 Å². The summed E-state index contributed by atoms with van der Waals surface area (Å²) in [5.74, 6) is -0.179. The molecule has 1 fully saturated rings. The summed E-state index contributed by atoms with van der Waals surface area (Å²) in [6.45, 7) is 4.67. The Hall–Kier alpha value is -1.45. The van der Waals surface area contributed by atoms with Crippen LogP contribution in [0.2, 0.25) is 0 Å². The van der Waals surface area contributed by atoms with Crippen LogP contribution in [0.15, 0.2) is 42.5 Å². The van der Waals surface area contributed by atoms with Gasteiger partial charge in [-0.05, 0) is 84.2 Å². The number of hydrogen-bond donors (Lipinski definition) is 1. The fourth-order valence-corrected chi connectivity index (χ4v) is 5.77. The van der Waals surface area contributed by atoms with Gasteiger partial charge in [-0.15, -0.1) is 0 Å². The number of amides is 1. The number of carbonyl (C=O) groups is 1. The molecule has 0 bridgehead atoms. The van der Waals surface area contributed by atoms with Crippen LogP contribution in [0.1, 0.15) is 29.5 Å². The van der Waals surface area contributed by atoms with Gasteiger partial charge in [0.2, 0.25) is 15.9 Å². The maximum absolute atomic E-state index is 12.8. The third-order valence-electron chi connectivity index (χ3n) is 5.26. The molecular formula is C21H25IN2O3S. The number of sulfonamides is 1. The third-order valence-corrected chi connectivity index (χ3v) is 7.76. The highest BCUT2D eigenvalue weighted by Gasteiger charge is 2.31. The van der Waals surface area contributed by atoms with Crippen molar-refractivity contribution in [3.8, 4) is 0 Å². The first-order valence-corrected chi connectivity index (χ1v) is 12.0. The zero-order chi connectivity index (χ0) is 20.3. The molecule has 0 aromatic heterocycles. The number of aryl methyl sites for hydroxylation is 2. The Morgan fingerprint density at radius 2 is 1.79 bits per heavy atom. The van der Waals surface area contributed by atoms with E-state index < -0.39 is 10.0 Å². The monoisotopic (exact) mass is 512 g/mol. The number of hydrogen-bond acceptors (Lipinski definition) is 3. The van der Waals surface area contributed by atoms with Crippen LogP contribution >= 0.6 is 22.6 Å². The van der Waals surface area contributed by atoms with Crippen LogP contribution in [0, 0.1) is 23.3 Å². The molecule has 5 nitrogen and oxygen atoms in total. The number of piperidine rings is 1. The van der Waals surface area contributed by atoms with Crippen LogP contribution in [0.5, 0.6) is 0 Å². The Morgan fingerprint density at radius 1 is 1.11 bits per heavy atom. The van der Waals surface area contributed by atoms with Gasteiger partial charge in [-0.3, -0.25) is 4.79 Å². The number of benzene rings is 2. The van der Waals surface area contributed by atoms with Crippen LogP contribution < -0.4 is 5.32 Å². The standard InChI is InChI=1S/C21H25IN2O3S/c1-15-5-3-4-6-18(15)14-28(26,27)24-11-9-17(10-12-24)21(25)23-20-8-7-19(22)13-16(20)2/h3-8,13,17H,9-12,14H2,1-2H3,(H,23,25). The molecule has 0 radical (unpaired) electrons. The van der Waals surface area contributed by atoms with Gasteiger partial charge in [0.15, 0.2) is 0 Å². The maximum atomic E-state index is 12.8. The summed E-state index contributed by atoms with van der Waals surface area (Å²) in [4.78, 5) is 12.6. The van der Waals surface area contributed by atoms with E-state index in [1.807, 2.05) is 56.3 Å². The summed E-state index contributed by atoms with van der Waals surface area (Å²) < 4.78 is 28.2. The molecule has 1 heterocycles. The molecule has 2 aromatic rings. The molecule has 3 rings (SSSR count). The van der Waals surface area contributed by atoms with E-state index in [2.05, 4.69) is 27.9 Å². The molecule has 7 heteroatoms. The number of anilines is 1. The van der Waals surface area contributed by atoms with Crippen LogP contribution in [0.3, 0.4) is 0 Å². The minimum Gasteiger partial charge on any atom is -0.326 e. The minimum absolute atomic E-state index is 0.0123. The number of halogens is 1. The number of rotatable bonds is 5. The zero-order valence-electron chi connectivity index (χ0n) is 16.1. The van der Waals surface area contributed by atoms with Gasteiger partial charge in [0, 0.05) is 28.3 Å². The van der Waals surface area contributed by atoms with Gasteiger partial charge in [0.1, 0.15) is 0 Å². The second-order valence-electron chi connectivity index (χ2n) is 7.30. The van der Waals surface area contributed by atoms with Crippen molar-refractivity contribution in [1.29, 1.82) is 0 Å². The van der Waals surface area contributed by atoms with E-state index >= 15 is 0 Å². The van der Waals surface area contributed by atoms with E-state index in [9.17, 15) is 13.2 Å². The molecule has 2 aromatic carbocycles. The van der Waals surface area contributed by atoms with E-state index in [1.54, 1.807) is 0 Å². The lowest BCUT2D eigenvalue weighted by molar-refractivity contribution is -0.120. The van der Waals surface area contributed by atoms with E-state index in [0.717, 1.165) is 25.9 Å². The van der Waals surface area contributed by atoms with Crippen molar-refractivity contribution in [1.82, 2.24) is 4.31 Å². The highest BCUT2D eigenvalue weighted by molar-refractivity contribution is 14.1. The molecule has 1 N–H and O–H groups in total. The first kappa shape index (κ1) is 21.3. The van der Waals surface area contributed by atoms with Gasteiger partial charge in [0.25, 0.3) is 0 Å². The quantitative estimate of drug-likeness (QED) is 0.614. The van der Waals surface area contributed by atoms with Crippen LogP contribution in [0.25, 0.3) is 0 Å². The summed E-state index contributed by atoms with van der Waals surface area (Å²) >= 11 is 2.24. The minimum atomic E-state index is -3.38. The maximum Gasteiger partial charge on any atom is 0.227 e. The summed E-state index contributed by atoms with van der Waals surface area (Å²) in [7, 11) is -3.38. The molecule has 1 amide bonds. The topological polar surface area (TPSA) is 66.5 Å². The largest absolute Gasteiger partial charge is 0.326 e. The van der Waals surface area contributed by atoms with Crippen LogP contribution in [0.4, 0.5) is 5.69 Å². The zero-order valence-corrected chi connectivity index (χ0v) is 19.1. The molecule has 150 valence electrons. The lowest BCUT2D eigenvalue weighted by atomic mass is 9.97. The highest BCUT2D eigenvalue weighted by atomic mass is 127. The Bertz CT molecular complexity index is 967. The lowest BCUT2D eigenvalue weighted by Gasteiger charge is -2.30. The highest BCUT2D eigenvalue weighted by Crippen LogP contribution is 2.25. The average Bonchev–Trinajstić information content (AvgIpc) is 2.66. The Kier molecular flexibility index (Phi) is 6.77. The first-order chi connectivity index (χ1) is 13.3. The van der Waals surface area contributed by atoms with Gasteiger partial charge in [-0.25, -0.2) is 12.7 Å². The van der Waals surface area contributed by atoms with Crippen LogP contribution in [-0.4, -0.2) is 31.7 Å².